The molecule has 1 rings (SSSR count). The number of unbranched alkanes of at least 4 members (excludes halogenated alkanes) is 14. The number of hydrogen-bond acceptors (Lipinski definition) is 5. The lowest BCUT2D eigenvalue weighted by Crippen LogP contribution is -2.40. The third kappa shape index (κ3) is 15.1. The Hall–Kier alpha value is -0.460. The third-order valence-corrected chi connectivity index (χ3v) is 6.16. The largest absolute Gasteiger partial charge is 0.388 e. The van der Waals surface area contributed by atoms with Crippen LogP contribution in [-0.4, -0.2) is 59.6 Å². The average Bonchev–Trinajstić information content (AvgIpc) is 3.10. The molecule has 3 N–H and O–H groups in total. The molecule has 5 nitrogen and oxygen atoms in total. The van der Waals surface area contributed by atoms with Crippen LogP contribution in [0.1, 0.15) is 110 Å². The fourth-order valence-corrected chi connectivity index (χ4v) is 4.07. The predicted molar refractivity (Wildman–Crippen MR) is 127 cm³/mol. The van der Waals surface area contributed by atoms with E-state index >= 15 is 0 Å². The molecule has 4 atom stereocenters. The van der Waals surface area contributed by atoms with Crippen molar-refractivity contribution in [3.63, 3.8) is 0 Å². The Balaban J connectivity index is 1.76. The summed E-state index contributed by atoms with van der Waals surface area (Å²) in [6.45, 7) is 3.10. The van der Waals surface area contributed by atoms with E-state index in [1.54, 1.807) is 0 Å². The van der Waals surface area contributed by atoms with Crippen LogP contribution < -0.4 is 0 Å². The second-order valence-corrected chi connectivity index (χ2v) is 9.14. The van der Waals surface area contributed by atoms with E-state index in [0.717, 1.165) is 12.8 Å². The van der Waals surface area contributed by atoms with Crippen molar-refractivity contribution >= 4 is 0 Å². The highest BCUT2D eigenvalue weighted by Crippen LogP contribution is 2.18. The van der Waals surface area contributed by atoms with E-state index in [-0.39, 0.29) is 13.2 Å². The number of ether oxygens (including phenoxy) is 2. The summed E-state index contributed by atoms with van der Waals surface area (Å²) < 4.78 is 10.7. The Morgan fingerprint density at radius 3 is 1.84 bits per heavy atom. The van der Waals surface area contributed by atoms with Gasteiger partial charge in [0.2, 0.25) is 0 Å². The molecular weight excluding hydrogens is 392 g/mol. The van der Waals surface area contributed by atoms with E-state index < -0.39 is 24.4 Å². The number of hydrogen-bond donors (Lipinski definition) is 3. The Kier molecular flexibility index (Phi) is 18.6. The second kappa shape index (κ2) is 20.2. The van der Waals surface area contributed by atoms with Gasteiger partial charge in [0.25, 0.3) is 0 Å². The highest BCUT2D eigenvalue weighted by molar-refractivity contribution is 4.87. The van der Waals surface area contributed by atoms with Gasteiger partial charge in [-0.2, -0.15) is 0 Å². The molecule has 0 bridgehead atoms. The smallest absolute Gasteiger partial charge is 0.114 e. The highest BCUT2D eigenvalue weighted by atomic mass is 16.5. The zero-order valence-corrected chi connectivity index (χ0v) is 20.1. The van der Waals surface area contributed by atoms with Crippen molar-refractivity contribution in [3.8, 4) is 0 Å². The fraction of sp³-hybridized carbons (Fsp3) is 0.923. The van der Waals surface area contributed by atoms with E-state index in [9.17, 15) is 15.3 Å². The fourth-order valence-electron chi connectivity index (χ4n) is 4.07. The maximum atomic E-state index is 9.96. The van der Waals surface area contributed by atoms with Gasteiger partial charge in [0.05, 0.1) is 13.2 Å². The van der Waals surface area contributed by atoms with Crippen molar-refractivity contribution in [3.05, 3.63) is 12.2 Å². The zero-order chi connectivity index (χ0) is 22.6. The van der Waals surface area contributed by atoms with Gasteiger partial charge in [0.1, 0.15) is 24.4 Å². The van der Waals surface area contributed by atoms with Crippen LogP contribution in [0, 0.1) is 0 Å². The molecule has 0 saturated carbocycles. The lowest BCUT2D eigenvalue weighted by Gasteiger charge is -2.20. The quantitative estimate of drug-likeness (QED) is 0.166. The summed E-state index contributed by atoms with van der Waals surface area (Å²) in [5.41, 5.74) is 0. The van der Waals surface area contributed by atoms with Gasteiger partial charge < -0.3 is 24.8 Å². The minimum absolute atomic E-state index is 0.0683. The number of rotatable bonds is 21. The third-order valence-electron chi connectivity index (χ3n) is 6.16. The highest BCUT2D eigenvalue weighted by Gasteiger charge is 2.39. The van der Waals surface area contributed by atoms with Gasteiger partial charge in [0, 0.05) is 6.61 Å². The Labute approximate surface area is 191 Å². The minimum atomic E-state index is -1.03. The van der Waals surface area contributed by atoms with Crippen molar-refractivity contribution in [2.24, 2.45) is 0 Å². The molecule has 0 aromatic rings. The van der Waals surface area contributed by atoms with Crippen LogP contribution in [0.2, 0.25) is 0 Å². The molecule has 0 aromatic carbocycles. The van der Waals surface area contributed by atoms with Crippen LogP contribution in [-0.2, 0) is 9.47 Å². The van der Waals surface area contributed by atoms with Crippen LogP contribution in [0.3, 0.4) is 0 Å². The molecule has 1 aliphatic rings. The van der Waals surface area contributed by atoms with E-state index in [1.165, 1.54) is 89.9 Å². The molecule has 0 radical (unpaired) electrons. The van der Waals surface area contributed by atoms with Crippen LogP contribution in [0.25, 0.3) is 0 Å². The molecule has 0 aliphatic carbocycles. The van der Waals surface area contributed by atoms with Gasteiger partial charge in [-0.3, -0.25) is 0 Å². The second-order valence-electron chi connectivity index (χ2n) is 9.14. The van der Waals surface area contributed by atoms with E-state index in [4.69, 9.17) is 9.47 Å². The van der Waals surface area contributed by atoms with Gasteiger partial charge in [-0.05, 0) is 32.1 Å². The molecule has 1 aliphatic heterocycles. The molecule has 31 heavy (non-hydrogen) atoms. The summed E-state index contributed by atoms with van der Waals surface area (Å²) >= 11 is 0. The first-order valence-electron chi connectivity index (χ1n) is 13.0. The Bertz CT molecular complexity index is 415. The standard InChI is InChI=1S/C26H50O5/c1-2-3-4-5-6-7-8-9-10-11-12-13-14-15-16-17-18-19-20-30-21-24(28)26-25(29)23(27)22-31-26/h9-10,23-29H,2-8,11-22H2,1H3/b10-9+/t23-,24+,25+,26+/m0/s1. The van der Waals surface area contributed by atoms with E-state index in [0.29, 0.717) is 6.61 Å². The van der Waals surface area contributed by atoms with Crippen molar-refractivity contribution in [1.82, 2.24) is 0 Å². The molecular formula is C26H50O5. The maximum Gasteiger partial charge on any atom is 0.114 e. The summed E-state index contributed by atoms with van der Waals surface area (Å²) in [6, 6.07) is 0. The van der Waals surface area contributed by atoms with Gasteiger partial charge in [-0.15, -0.1) is 0 Å². The van der Waals surface area contributed by atoms with E-state index in [2.05, 4.69) is 19.1 Å². The van der Waals surface area contributed by atoms with Crippen LogP contribution in [0.15, 0.2) is 12.2 Å². The summed E-state index contributed by atoms with van der Waals surface area (Å²) in [5.74, 6) is 0. The predicted octanol–water partition coefficient (Wildman–Crippen LogP) is 5.30. The number of aliphatic hydroxyl groups is 3. The first-order chi connectivity index (χ1) is 15.2. The topological polar surface area (TPSA) is 79.2 Å². The van der Waals surface area contributed by atoms with Crippen molar-refractivity contribution < 1.29 is 24.8 Å². The summed E-state index contributed by atoms with van der Waals surface area (Å²) in [4.78, 5) is 0. The number of allylic oxidation sites excluding steroid dienone is 2. The molecule has 1 heterocycles. The minimum Gasteiger partial charge on any atom is -0.388 e. The molecule has 0 unspecified atom stereocenters. The summed E-state index contributed by atoms with van der Waals surface area (Å²) in [7, 11) is 0. The normalized spacial score (nSPS) is 22.5. The first kappa shape index (κ1) is 28.6. The average molecular weight is 443 g/mol. The van der Waals surface area contributed by atoms with Gasteiger partial charge in [0.15, 0.2) is 0 Å². The number of aliphatic hydroxyl groups excluding tert-OH is 3. The zero-order valence-electron chi connectivity index (χ0n) is 20.1. The van der Waals surface area contributed by atoms with Gasteiger partial charge >= 0.3 is 0 Å². The van der Waals surface area contributed by atoms with Crippen LogP contribution in [0.4, 0.5) is 0 Å². The van der Waals surface area contributed by atoms with Crippen molar-refractivity contribution in [2.75, 3.05) is 19.8 Å². The van der Waals surface area contributed by atoms with Crippen molar-refractivity contribution in [2.45, 2.75) is 134 Å². The Morgan fingerprint density at radius 2 is 1.32 bits per heavy atom. The SMILES string of the molecule is CCCCCCCC/C=C/CCCCCCCCCCOC[C@@H](O)[C@H]1OC[C@H](O)[C@H]1O. The molecule has 1 saturated heterocycles. The molecule has 0 spiro atoms. The molecule has 184 valence electrons. The Morgan fingerprint density at radius 1 is 0.806 bits per heavy atom. The first-order valence-corrected chi connectivity index (χ1v) is 13.0. The molecule has 0 amide bonds. The van der Waals surface area contributed by atoms with Gasteiger partial charge in [-0.1, -0.05) is 89.7 Å². The molecule has 5 heteroatoms. The van der Waals surface area contributed by atoms with Crippen LogP contribution >= 0.6 is 0 Å². The van der Waals surface area contributed by atoms with E-state index in [1.807, 2.05) is 0 Å². The lowest BCUT2D eigenvalue weighted by atomic mass is 10.1. The summed E-state index contributed by atoms with van der Waals surface area (Å²) in [5, 5.41) is 29.1. The van der Waals surface area contributed by atoms with Crippen molar-refractivity contribution in [1.29, 1.82) is 0 Å². The van der Waals surface area contributed by atoms with Crippen LogP contribution in [0.5, 0.6) is 0 Å². The maximum absolute atomic E-state index is 9.96. The molecule has 1 fully saturated rings. The molecule has 0 aromatic heterocycles. The summed E-state index contributed by atoms with van der Waals surface area (Å²) in [6.07, 6.45) is 22.0. The van der Waals surface area contributed by atoms with Gasteiger partial charge in [-0.25, -0.2) is 0 Å². The lowest BCUT2D eigenvalue weighted by molar-refractivity contribution is -0.0813. The monoisotopic (exact) mass is 442 g/mol.